The number of carboxylic acids is 1. The van der Waals surface area contributed by atoms with Crippen molar-refractivity contribution < 1.29 is 19.1 Å². The summed E-state index contributed by atoms with van der Waals surface area (Å²) in [7, 11) is 0. The van der Waals surface area contributed by atoms with Crippen LogP contribution in [0.1, 0.15) is 15.9 Å². The number of aryl methyl sites for hydroxylation is 1. The molecule has 108 valence electrons. The van der Waals surface area contributed by atoms with Crippen LogP contribution in [0, 0.1) is 12.7 Å². The van der Waals surface area contributed by atoms with E-state index in [1.165, 1.54) is 36.4 Å². The Hall–Kier alpha value is -2.89. The van der Waals surface area contributed by atoms with Gasteiger partial charge < -0.3 is 15.7 Å². The zero-order valence-corrected chi connectivity index (χ0v) is 11.2. The summed E-state index contributed by atoms with van der Waals surface area (Å²) in [5.74, 6) is -1.54. The molecule has 2 amide bonds. The Bertz CT molecular complexity index is 684. The topological polar surface area (TPSA) is 78.4 Å². The van der Waals surface area contributed by atoms with Crippen LogP contribution in [0.3, 0.4) is 0 Å². The molecular weight excluding hydrogens is 275 g/mol. The van der Waals surface area contributed by atoms with Crippen LogP contribution in [0.5, 0.6) is 0 Å². The average Bonchev–Trinajstić information content (AvgIpc) is 2.43. The van der Waals surface area contributed by atoms with Gasteiger partial charge in [0.15, 0.2) is 0 Å². The molecule has 0 heterocycles. The Morgan fingerprint density at radius 2 is 1.71 bits per heavy atom. The van der Waals surface area contributed by atoms with Gasteiger partial charge in [0.05, 0.1) is 11.3 Å². The summed E-state index contributed by atoms with van der Waals surface area (Å²) in [6.45, 7) is 1.76. The quantitative estimate of drug-likeness (QED) is 0.809. The Balaban J connectivity index is 2.12. The molecule has 0 aliphatic carbocycles. The number of aromatic carboxylic acids is 1. The molecule has 0 fully saturated rings. The highest BCUT2D eigenvalue weighted by atomic mass is 19.1. The highest BCUT2D eigenvalue weighted by molar-refractivity contribution is 6.04. The molecule has 0 spiro atoms. The third-order valence-electron chi connectivity index (χ3n) is 2.76. The van der Waals surface area contributed by atoms with E-state index in [1.807, 2.05) is 0 Å². The second-order valence-corrected chi connectivity index (χ2v) is 4.44. The standard InChI is InChI=1S/C15H13FN2O3/c1-9-2-7-13(12(8-9)14(19)20)18-15(21)17-11-5-3-10(16)4-6-11/h2-8H,1H3,(H,19,20)(H2,17,18,21). The second kappa shape index (κ2) is 6.04. The van der Waals surface area contributed by atoms with E-state index in [2.05, 4.69) is 10.6 Å². The summed E-state index contributed by atoms with van der Waals surface area (Å²) in [4.78, 5) is 23.0. The van der Waals surface area contributed by atoms with Crippen LogP contribution in [0.15, 0.2) is 42.5 Å². The summed E-state index contributed by atoms with van der Waals surface area (Å²) in [6.07, 6.45) is 0. The van der Waals surface area contributed by atoms with E-state index in [0.29, 0.717) is 5.69 Å². The number of amides is 2. The predicted octanol–water partition coefficient (Wildman–Crippen LogP) is 3.48. The predicted molar refractivity (Wildman–Crippen MR) is 77.2 cm³/mol. The van der Waals surface area contributed by atoms with Crippen molar-refractivity contribution in [3.63, 3.8) is 0 Å². The first kappa shape index (κ1) is 14.5. The third kappa shape index (κ3) is 3.79. The molecule has 2 aromatic carbocycles. The minimum atomic E-state index is -1.13. The van der Waals surface area contributed by atoms with Gasteiger partial charge in [0.25, 0.3) is 0 Å². The SMILES string of the molecule is Cc1ccc(NC(=O)Nc2ccc(F)cc2)c(C(=O)O)c1. The van der Waals surface area contributed by atoms with Gasteiger partial charge in [-0.25, -0.2) is 14.0 Å². The summed E-state index contributed by atoms with van der Waals surface area (Å²) >= 11 is 0. The van der Waals surface area contributed by atoms with Crippen molar-refractivity contribution in [1.82, 2.24) is 0 Å². The number of anilines is 2. The molecule has 0 saturated carbocycles. The van der Waals surface area contributed by atoms with Gasteiger partial charge in [-0.1, -0.05) is 11.6 Å². The first-order valence-corrected chi connectivity index (χ1v) is 6.13. The molecule has 3 N–H and O–H groups in total. The molecule has 2 rings (SSSR count). The number of carbonyl (C=O) groups excluding carboxylic acids is 1. The van der Waals surface area contributed by atoms with Gasteiger partial charge in [-0.15, -0.1) is 0 Å². The molecule has 0 unspecified atom stereocenters. The molecular formula is C15H13FN2O3. The van der Waals surface area contributed by atoms with Crippen LogP contribution in [-0.2, 0) is 0 Å². The van der Waals surface area contributed by atoms with Crippen molar-refractivity contribution in [3.05, 3.63) is 59.4 Å². The lowest BCUT2D eigenvalue weighted by Gasteiger charge is -2.10. The molecule has 0 radical (unpaired) electrons. The van der Waals surface area contributed by atoms with E-state index in [4.69, 9.17) is 5.11 Å². The zero-order valence-electron chi connectivity index (χ0n) is 11.2. The van der Waals surface area contributed by atoms with Crippen LogP contribution in [-0.4, -0.2) is 17.1 Å². The van der Waals surface area contributed by atoms with Crippen molar-refractivity contribution in [3.8, 4) is 0 Å². The highest BCUT2D eigenvalue weighted by Crippen LogP contribution is 2.18. The van der Waals surface area contributed by atoms with Crippen LogP contribution >= 0.6 is 0 Å². The first-order chi connectivity index (χ1) is 9.95. The Labute approximate surface area is 120 Å². The largest absolute Gasteiger partial charge is 0.478 e. The molecule has 6 heteroatoms. The molecule has 0 aliphatic rings. The maximum atomic E-state index is 12.8. The highest BCUT2D eigenvalue weighted by Gasteiger charge is 2.12. The van der Waals surface area contributed by atoms with Gasteiger partial charge in [-0.05, 0) is 43.3 Å². The van der Waals surface area contributed by atoms with E-state index in [0.717, 1.165) is 5.56 Å². The third-order valence-corrected chi connectivity index (χ3v) is 2.76. The van der Waals surface area contributed by atoms with E-state index in [-0.39, 0.29) is 11.3 Å². The van der Waals surface area contributed by atoms with Gasteiger partial charge in [0, 0.05) is 5.69 Å². The van der Waals surface area contributed by atoms with Gasteiger partial charge >= 0.3 is 12.0 Å². The lowest BCUT2D eigenvalue weighted by Crippen LogP contribution is -2.21. The number of nitrogens with one attached hydrogen (secondary N) is 2. The molecule has 2 aromatic rings. The summed E-state index contributed by atoms with van der Waals surface area (Å²) < 4.78 is 12.8. The second-order valence-electron chi connectivity index (χ2n) is 4.44. The fourth-order valence-corrected chi connectivity index (χ4v) is 1.76. The van der Waals surface area contributed by atoms with Crippen molar-refractivity contribution in [2.45, 2.75) is 6.92 Å². The van der Waals surface area contributed by atoms with Gasteiger partial charge in [-0.2, -0.15) is 0 Å². The fraction of sp³-hybridized carbons (Fsp3) is 0.0667. The smallest absolute Gasteiger partial charge is 0.337 e. The zero-order chi connectivity index (χ0) is 15.4. The molecule has 0 aliphatic heterocycles. The fourth-order valence-electron chi connectivity index (χ4n) is 1.76. The van der Waals surface area contributed by atoms with E-state index in [1.54, 1.807) is 13.0 Å². The molecule has 0 saturated heterocycles. The number of carboxylic acid groups (broad SMARTS) is 1. The lowest BCUT2D eigenvalue weighted by molar-refractivity contribution is 0.0698. The number of benzene rings is 2. The van der Waals surface area contributed by atoms with Crippen molar-refractivity contribution in [2.75, 3.05) is 10.6 Å². The van der Waals surface area contributed by atoms with Crippen molar-refractivity contribution in [2.24, 2.45) is 0 Å². The summed E-state index contributed by atoms with van der Waals surface area (Å²) in [6, 6.07) is 9.31. The molecule has 21 heavy (non-hydrogen) atoms. The number of urea groups is 1. The van der Waals surface area contributed by atoms with Crippen LogP contribution in [0.2, 0.25) is 0 Å². The van der Waals surface area contributed by atoms with E-state index < -0.39 is 17.8 Å². The average molecular weight is 288 g/mol. The Morgan fingerprint density at radius 3 is 2.33 bits per heavy atom. The molecule has 0 aromatic heterocycles. The van der Waals surface area contributed by atoms with Crippen LogP contribution < -0.4 is 10.6 Å². The first-order valence-electron chi connectivity index (χ1n) is 6.13. The monoisotopic (exact) mass is 288 g/mol. The van der Waals surface area contributed by atoms with Gasteiger partial charge in [0.2, 0.25) is 0 Å². The van der Waals surface area contributed by atoms with Crippen molar-refractivity contribution >= 4 is 23.4 Å². The van der Waals surface area contributed by atoms with Crippen molar-refractivity contribution in [1.29, 1.82) is 0 Å². The normalized spacial score (nSPS) is 10.0. The summed E-state index contributed by atoms with van der Waals surface area (Å²) in [5, 5.41) is 14.1. The number of hydrogen-bond donors (Lipinski definition) is 3. The maximum Gasteiger partial charge on any atom is 0.337 e. The Morgan fingerprint density at radius 1 is 1.05 bits per heavy atom. The number of hydrogen-bond acceptors (Lipinski definition) is 2. The number of carbonyl (C=O) groups is 2. The Kier molecular flexibility index (Phi) is 4.18. The van der Waals surface area contributed by atoms with Gasteiger partial charge in [-0.3, -0.25) is 0 Å². The van der Waals surface area contributed by atoms with Crippen LogP contribution in [0.25, 0.3) is 0 Å². The molecule has 0 atom stereocenters. The van der Waals surface area contributed by atoms with E-state index in [9.17, 15) is 14.0 Å². The minimum absolute atomic E-state index is 0.00394. The van der Waals surface area contributed by atoms with Crippen LogP contribution in [0.4, 0.5) is 20.6 Å². The number of halogens is 1. The molecule has 0 bridgehead atoms. The summed E-state index contributed by atoms with van der Waals surface area (Å²) in [5.41, 5.74) is 1.37. The maximum absolute atomic E-state index is 12.8. The lowest BCUT2D eigenvalue weighted by atomic mass is 10.1. The molecule has 5 nitrogen and oxygen atoms in total. The minimum Gasteiger partial charge on any atom is -0.478 e. The number of rotatable bonds is 3. The van der Waals surface area contributed by atoms with E-state index >= 15 is 0 Å². The van der Waals surface area contributed by atoms with Gasteiger partial charge in [0.1, 0.15) is 5.82 Å².